The van der Waals surface area contributed by atoms with Gasteiger partial charge in [-0.1, -0.05) is 24.2 Å². The number of carbonyl (C=O) groups excluding carboxylic acids is 2. The van der Waals surface area contributed by atoms with Gasteiger partial charge in [-0.05, 0) is 55.5 Å². The highest BCUT2D eigenvalue weighted by molar-refractivity contribution is 5.99. The summed E-state index contributed by atoms with van der Waals surface area (Å²) in [6, 6.07) is 4.48. The van der Waals surface area contributed by atoms with E-state index in [2.05, 4.69) is 11.7 Å². The van der Waals surface area contributed by atoms with Gasteiger partial charge in [-0.15, -0.1) is 6.58 Å². The van der Waals surface area contributed by atoms with E-state index in [9.17, 15) is 14.7 Å². The van der Waals surface area contributed by atoms with Crippen molar-refractivity contribution in [3.05, 3.63) is 54.1 Å². The average molecular weight is 415 g/mol. The third kappa shape index (κ3) is 7.39. The molecule has 1 saturated heterocycles. The zero-order valence-corrected chi connectivity index (χ0v) is 17.5. The second-order valence-electron chi connectivity index (χ2n) is 6.99. The Labute approximate surface area is 177 Å². The van der Waals surface area contributed by atoms with Crippen LogP contribution >= 0.6 is 0 Å². The van der Waals surface area contributed by atoms with Gasteiger partial charge in [0.1, 0.15) is 5.75 Å². The topological polar surface area (TPSA) is 88.4 Å². The van der Waals surface area contributed by atoms with Crippen molar-refractivity contribution < 1.29 is 24.3 Å². The van der Waals surface area contributed by atoms with Crippen molar-refractivity contribution in [1.29, 1.82) is 0 Å². The molecule has 1 amide bonds. The molecule has 7 heteroatoms. The maximum atomic E-state index is 12.4. The summed E-state index contributed by atoms with van der Waals surface area (Å²) in [6.45, 7) is 7.22. The molecular formula is C23H30N2O5. The minimum absolute atomic E-state index is 0.0385. The number of rotatable bonds is 11. The molecule has 1 N–H and O–H groups in total. The van der Waals surface area contributed by atoms with Gasteiger partial charge in [0.2, 0.25) is 0 Å². The summed E-state index contributed by atoms with van der Waals surface area (Å²) in [5, 5.41) is 14.0. The summed E-state index contributed by atoms with van der Waals surface area (Å²) in [6.07, 6.45) is 9.00. The number of ether oxygens (including phenoxy) is 1. The quantitative estimate of drug-likeness (QED) is 0.196. The molecule has 7 nitrogen and oxygen atoms in total. The number of benzene rings is 1. The number of esters is 1. The number of carbonyl (C=O) groups is 2. The van der Waals surface area contributed by atoms with Gasteiger partial charge in [-0.3, -0.25) is 4.79 Å². The Bertz CT molecular complexity index is 795. The summed E-state index contributed by atoms with van der Waals surface area (Å²) in [4.78, 5) is 31.6. The van der Waals surface area contributed by atoms with Crippen LogP contribution in [0.15, 0.2) is 48.2 Å². The lowest BCUT2D eigenvalue weighted by Gasteiger charge is -2.14. The maximum Gasteiger partial charge on any atom is 0.338 e. The van der Waals surface area contributed by atoms with E-state index < -0.39 is 5.97 Å². The number of oxime groups is 1. The molecule has 0 saturated carbocycles. The van der Waals surface area contributed by atoms with Crippen molar-refractivity contribution in [3.63, 3.8) is 0 Å². The molecule has 1 aliphatic heterocycles. The number of allylic oxidation sites excluding steroid dienone is 2. The van der Waals surface area contributed by atoms with Crippen LogP contribution in [-0.4, -0.2) is 53.9 Å². The summed E-state index contributed by atoms with van der Waals surface area (Å²) >= 11 is 0. The van der Waals surface area contributed by atoms with E-state index in [1.165, 1.54) is 18.2 Å². The molecule has 0 aliphatic carbocycles. The standard InChI is InChI=1S/C23H30N2O5/c1-3-5-9-19(24-30-17-22(27)25-12-7-8-13-25)15-18-16-20(26)10-11-21(18)23(28)29-14-6-4-2/h4-5,9-11,16,26H,2-3,6-8,12-15,17H2,1H3/b9-5+,24-19+. The molecule has 1 aromatic rings. The number of likely N-dealkylation sites (tertiary alicyclic amines) is 1. The lowest BCUT2D eigenvalue weighted by atomic mass is 10.0. The smallest absolute Gasteiger partial charge is 0.338 e. The Balaban J connectivity index is 2.11. The second kappa shape index (κ2) is 12.5. The molecule has 30 heavy (non-hydrogen) atoms. The largest absolute Gasteiger partial charge is 0.508 e. The van der Waals surface area contributed by atoms with Crippen LogP contribution in [-0.2, 0) is 20.8 Å². The fourth-order valence-corrected chi connectivity index (χ4v) is 3.04. The van der Waals surface area contributed by atoms with Crippen molar-refractivity contribution in [1.82, 2.24) is 4.90 Å². The maximum absolute atomic E-state index is 12.4. The zero-order valence-electron chi connectivity index (χ0n) is 17.5. The first-order valence-electron chi connectivity index (χ1n) is 10.3. The Morgan fingerprint density at radius 1 is 1.30 bits per heavy atom. The van der Waals surface area contributed by atoms with Crippen LogP contribution in [0.2, 0.25) is 0 Å². The monoisotopic (exact) mass is 414 g/mol. The van der Waals surface area contributed by atoms with Gasteiger partial charge in [0.25, 0.3) is 5.91 Å². The Morgan fingerprint density at radius 3 is 2.77 bits per heavy atom. The van der Waals surface area contributed by atoms with Gasteiger partial charge in [0.05, 0.1) is 17.9 Å². The van der Waals surface area contributed by atoms with Crippen LogP contribution in [0.5, 0.6) is 5.75 Å². The van der Waals surface area contributed by atoms with E-state index in [1.807, 2.05) is 13.0 Å². The molecule has 1 fully saturated rings. The number of aromatic hydroxyl groups is 1. The van der Waals surface area contributed by atoms with E-state index in [4.69, 9.17) is 9.57 Å². The Morgan fingerprint density at radius 2 is 2.07 bits per heavy atom. The normalized spacial score (nSPS) is 14.2. The molecule has 1 heterocycles. The molecule has 0 bridgehead atoms. The van der Waals surface area contributed by atoms with Crippen LogP contribution in [0.25, 0.3) is 0 Å². The molecule has 0 aromatic heterocycles. The van der Waals surface area contributed by atoms with Gasteiger partial charge < -0.3 is 19.6 Å². The van der Waals surface area contributed by atoms with Crippen LogP contribution in [0.3, 0.4) is 0 Å². The minimum atomic E-state index is -0.476. The van der Waals surface area contributed by atoms with Crippen molar-refractivity contribution in [2.24, 2.45) is 5.16 Å². The predicted octanol–water partition coefficient (Wildman–Crippen LogP) is 3.63. The molecule has 1 aromatic carbocycles. The zero-order chi connectivity index (χ0) is 21.8. The molecule has 0 spiro atoms. The van der Waals surface area contributed by atoms with Crippen LogP contribution in [0.4, 0.5) is 0 Å². The second-order valence-corrected chi connectivity index (χ2v) is 6.99. The van der Waals surface area contributed by atoms with Crippen molar-refractivity contribution in [2.75, 3.05) is 26.3 Å². The Hall–Kier alpha value is -3.09. The average Bonchev–Trinajstić information content (AvgIpc) is 3.27. The molecule has 1 aliphatic rings. The lowest BCUT2D eigenvalue weighted by molar-refractivity contribution is -0.135. The number of hydrogen-bond donors (Lipinski definition) is 1. The van der Waals surface area contributed by atoms with Gasteiger partial charge in [0, 0.05) is 19.5 Å². The van der Waals surface area contributed by atoms with Crippen LogP contribution in [0.1, 0.15) is 48.5 Å². The summed E-state index contributed by atoms with van der Waals surface area (Å²) in [5.41, 5.74) is 1.45. The lowest BCUT2D eigenvalue weighted by Crippen LogP contribution is -2.30. The SMILES string of the molecule is C=CCCOC(=O)c1ccc(O)cc1CC(/C=C/CC)=N/OCC(=O)N1CCCC1. The van der Waals surface area contributed by atoms with Gasteiger partial charge in [0.15, 0.2) is 6.61 Å². The number of phenolic OH excluding ortho intramolecular Hbond substituents is 1. The fourth-order valence-electron chi connectivity index (χ4n) is 3.04. The highest BCUT2D eigenvalue weighted by Gasteiger charge is 2.18. The van der Waals surface area contributed by atoms with E-state index in [1.54, 1.807) is 17.1 Å². The highest BCUT2D eigenvalue weighted by atomic mass is 16.6. The number of nitrogens with zero attached hydrogens (tertiary/aromatic N) is 2. The van der Waals surface area contributed by atoms with E-state index in [-0.39, 0.29) is 31.3 Å². The summed E-state index contributed by atoms with van der Waals surface area (Å²) in [5.74, 6) is -0.522. The van der Waals surface area contributed by atoms with Crippen LogP contribution < -0.4 is 0 Å². The van der Waals surface area contributed by atoms with Crippen molar-refractivity contribution in [3.8, 4) is 5.75 Å². The third-order valence-corrected chi connectivity index (χ3v) is 4.61. The summed E-state index contributed by atoms with van der Waals surface area (Å²) < 4.78 is 5.25. The van der Waals surface area contributed by atoms with E-state index in [0.29, 0.717) is 23.3 Å². The van der Waals surface area contributed by atoms with Gasteiger partial charge >= 0.3 is 5.97 Å². The first kappa shape index (κ1) is 23.2. The van der Waals surface area contributed by atoms with Gasteiger partial charge in [-0.25, -0.2) is 4.79 Å². The number of hydrogen-bond acceptors (Lipinski definition) is 6. The third-order valence-electron chi connectivity index (χ3n) is 4.61. The molecular weight excluding hydrogens is 384 g/mol. The van der Waals surface area contributed by atoms with Crippen LogP contribution in [0, 0.1) is 0 Å². The van der Waals surface area contributed by atoms with Gasteiger partial charge in [-0.2, -0.15) is 0 Å². The molecule has 0 atom stereocenters. The highest BCUT2D eigenvalue weighted by Crippen LogP contribution is 2.19. The predicted molar refractivity (Wildman–Crippen MR) is 116 cm³/mol. The molecule has 162 valence electrons. The van der Waals surface area contributed by atoms with E-state index >= 15 is 0 Å². The molecule has 0 radical (unpaired) electrons. The number of phenols is 1. The van der Waals surface area contributed by atoms with Crippen molar-refractivity contribution in [2.45, 2.75) is 39.0 Å². The molecule has 0 unspecified atom stereocenters. The van der Waals surface area contributed by atoms with E-state index in [0.717, 1.165) is 32.4 Å². The van der Waals surface area contributed by atoms with Crippen molar-refractivity contribution >= 4 is 17.6 Å². The first-order valence-corrected chi connectivity index (χ1v) is 10.3. The summed E-state index contributed by atoms with van der Waals surface area (Å²) in [7, 11) is 0. The minimum Gasteiger partial charge on any atom is -0.508 e. The fraction of sp³-hybridized carbons (Fsp3) is 0.435. The number of amides is 1. The Kier molecular flexibility index (Phi) is 9.64. The molecule has 2 rings (SSSR count). The first-order chi connectivity index (χ1) is 14.5.